The Hall–Kier alpha value is -4.48. The highest BCUT2D eigenvalue weighted by Crippen LogP contribution is 2.24. The molecule has 0 fully saturated rings. The van der Waals surface area contributed by atoms with Gasteiger partial charge in [-0.2, -0.15) is 13.2 Å². The molecule has 7 nitrogen and oxygen atoms in total. The van der Waals surface area contributed by atoms with Gasteiger partial charge in [0.2, 0.25) is 5.91 Å². The molecule has 4 aromatic carbocycles. The van der Waals surface area contributed by atoms with Crippen LogP contribution >= 0.6 is 15.9 Å². The molecular formula is C35H33BrF3N3O4. The number of carbonyl (C=O) groups excluding carboxylic acids is 3. The van der Waals surface area contributed by atoms with E-state index in [1.54, 1.807) is 23.1 Å². The number of esters is 1. The van der Waals surface area contributed by atoms with E-state index in [1.807, 2.05) is 66.7 Å². The van der Waals surface area contributed by atoms with Crippen LogP contribution in [0.5, 0.6) is 5.75 Å². The van der Waals surface area contributed by atoms with Crippen LogP contribution in [0.25, 0.3) is 11.1 Å². The molecule has 4 rings (SSSR count). The van der Waals surface area contributed by atoms with Crippen molar-refractivity contribution in [3.8, 4) is 16.9 Å². The molecule has 0 spiro atoms. The third-order valence-corrected chi connectivity index (χ3v) is 7.55. The Morgan fingerprint density at radius 1 is 0.826 bits per heavy atom. The number of carbonyl (C=O) groups is 3. The number of benzene rings is 4. The highest BCUT2D eigenvalue weighted by atomic mass is 79.9. The van der Waals surface area contributed by atoms with E-state index < -0.39 is 12.1 Å². The number of amides is 2. The Morgan fingerprint density at radius 2 is 1.50 bits per heavy atom. The van der Waals surface area contributed by atoms with Crippen LogP contribution < -0.4 is 15.8 Å². The van der Waals surface area contributed by atoms with E-state index in [1.165, 1.54) is 12.1 Å². The molecule has 0 saturated heterocycles. The lowest BCUT2D eigenvalue weighted by atomic mass is 10.0. The molecule has 4 aromatic rings. The summed E-state index contributed by atoms with van der Waals surface area (Å²) in [6, 6.07) is 28.3. The lowest BCUT2D eigenvalue weighted by Gasteiger charge is -2.24. The quantitative estimate of drug-likeness (QED) is 0.0948. The molecule has 0 radical (unpaired) electrons. The highest BCUT2D eigenvalue weighted by molar-refractivity contribution is 9.10. The summed E-state index contributed by atoms with van der Waals surface area (Å²) in [5, 5.41) is 2.86. The van der Waals surface area contributed by atoms with Crippen molar-refractivity contribution in [1.82, 2.24) is 10.2 Å². The fraction of sp³-hybridized carbons (Fsp3) is 0.229. The number of nitrogens with zero attached hydrogens (tertiary/aromatic N) is 1. The van der Waals surface area contributed by atoms with Crippen LogP contribution in [0.4, 0.5) is 13.2 Å². The molecule has 3 N–H and O–H groups in total. The summed E-state index contributed by atoms with van der Waals surface area (Å²) in [7, 11) is 0. The van der Waals surface area contributed by atoms with Crippen LogP contribution in [0, 0.1) is 0 Å². The van der Waals surface area contributed by atoms with Gasteiger partial charge in [-0.25, -0.2) is 4.79 Å². The highest BCUT2D eigenvalue weighted by Gasteiger charge is 2.41. The number of nitrogens with two attached hydrogens (primary N) is 1. The molecule has 0 heterocycles. The van der Waals surface area contributed by atoms with Crippen molar-refractivity contribution < 1.29 is 32.3 Å². The van der Waals surface area contributed by atoms with E-state index >= 15 is 0 Å². The first-order valence-corrected chi connectivity index (χ1v) is 15.4. The molecule has 0 aliphatic heterocycles. The van der Waals surface area contributed by atoms with Gasteiger partial charge in [-0.3, -0.25) is 9.59 Å². The summed E-state index contributed by atoms with van der Waals surface area (Å²) in [6.45, 7) is 1.62. The predicted molar refractivity (Wildman–Crippen MR) is 173 cm³/mol. The van der Waals surface area contributed by atoms with E-state index in [9.17, 15) is 27.6 Å². The second-order valence-corrected chi connectivity index (χ2v) is 11.5. The average Bonchev–Trinajstić information content (AvgIpc) is 3.03. The van der Waals surface area contributed by atoms with Gasteiger partial charge in [0.25, 0.3) is 5.91 Å². The SMILES string of the molecule is NCCCNC(=O)c1cccc(-c2cccc(CN(CCc3ccc(OC(=O)C(F)(F)F)cc3)C(=O)Cc3cccc(Br)c3)c2)c1. The second kappa shape index (κ2) is 16.2. The van der Waals surface area contributed by atoms with Crippen LogP contribution in [0.15, 0.2) is 102 Å². The molecule has 0 saturated carbocycles. The Labute approximate surface area is 273 Å². The third kappa shape index (κ3) is 10.3. The van der Waals surface area contributed by atoms with Gasteiger partial charge in [-0.15, -0.1) is 0 Å². The van der Waals surface area contributed by atoms with Crippen LogP contribution in [0.3, 0.4) is 0 Å². The summed E-state index contributed by atoms with van der Waals surface area (Å²) in [5.41, 5.74) is 10.3. The molecule has 240 valence electrons. The van der Waals surface area contributed by atoms with E-state index in [0.29, 0.717) is 44.6 Å². The zero-order valence-corrected chi connectivity index (χ0v) is 26.4. The summed E-state index contributed by atoms with van der Waals surface area (Å²) in [6.07, 6.45) is -3.81. The first kappa shape index (κ1) is 34.4. The maximum atomic E-state index is 13.6. The molecule has 0 aromatic heterocycles. The summed E-state index contributed by atoms with van der Waals surface area (Å²) >= 11 is 3.45. The number of hydrogen-bond donors (Lipinski definition) is 2. The van der Waals surface area contributed by atoms with E-state index in [0.717, 1.165) is 32.3 Å². The van der Waals surface area contributed by atoms with Crippen LogP contribution in [0.2, 0.25) is 0 Å². The largest absolute Gasteiger partial charge is 0.491 e. The predicted octanol–water partition coefficient (Wildman–Crippen LogP) is 6.48. The normalized spacial score (nSPS) is 11.2. The number of hydrogen-bond acceptors (Lipinski definition) is 5. The van der Waals surface area contributed by atoms with Crippen molar-refractivity contribution in [2.45, 2.75) is 32.0 Å². The standard InChI is InChI=1S/C35H33BrF3N3O4/c36-30-10-2-5-25(20-30)21-32(43)42(18-15-24-11-13-31(14-12-24)46-34(45)35(37,38)39)23-26-6-1-7-27(19-26)28-8-3-9-29(22-28)33(44)41-17-4-16-40/h1-3,5-14,19-20,22H,4,15-18,21,23,40H2,(H,41,44). The van der Waals surface area contributed by atoms with Crippen molar-refractivity contribution in [3.05, 3.63) is 124 Å². The van der Waals surface area contributed by atoms with Crippen LogP contribution in [-0.4, -0.2) is 48.5 Å². The molecule has 0 aliphatic carbocycles. The van der Waals surface area contributed by atoms with Gasteiger partial charge in [0.1, 0.15) is 5.75 Å². The van der Waals surface area contributed by atoms with Crippen molar-refractivity contribution >= 4 is 33.7 Å². The van der Waals surface area contributed by atoms with E-state index in [-0.39, 0.29) is 24.0 Å². The molecule has 46 heavy (non-hydrogen) atoms. The van der Waals surface area contributed by atoms with Crippen molar-refractivity contribution in [2.75, 3.05) is 19.6 Å². The zero-order chi connectivity index (χ0) is 33.1. The van der Waals surface area contributed by atoms with Crippen molar-refractivity contribution in [2.24, 2.45) is 5.73 Å². The van der Waals surface area contributed by atoms with Gasteiger partial charge in [0.15, 0.2) is 0 Å². The molecule has 0 unspecified atom stereocenters. The monoisotopic (exact) mass is 695 g/mol. The van der Waals surface area contributed by atoms with E-state index in [2.05, 4.69) is 26.0 Å². The lowest BCUT2D eigenvalue weighted by molar-refractivity contribution is -0.189. The number of nitrogens with one attached hydrogen (secondary N) is 1. The van der Waals surface area contributed by atoms with E-state index in [4.69, 9.17) is 5.73 Å². The van der Waals surface area contributed by atoms with Gasteiger partial charge in [0.05, 0.1) is 6.42 Å². The Balaban J connectivity index is 1.51. The molecule has 0 aliphatic rings. The minimum Gasteiger partial charge on any atom is -0.420 e. The molecule has 2 amide bonds. The summed E-state index contributed by atoms with van der Waals surface area (Å²) in [4.78, 5) is 39.1. The number of rotatable bonds is 13. The van der Waals surface area contributed by atoms with Gasteiger partial charge in [0, 0.05) is 29.7 Å². The van der Waals surface area contributed by atoms with Crippen LogP contribution in [-0.2, 0) is 29.0 Å². The minimum atomic E-state index is -5.09. The van der Waals surface area contributed by atoms with Gasteiger partial charge >= 0.3 is 12.1 Å². The average molecular weight is 697 g/mol. The Kier molecular flexibility index (Phi) is 12.1. The molecule has 0 bridgehead atoms. The topological polar surface area (TPSA) is 102 Å². The fourth-order valence-electron chi connectivity index (χ4n) is 4.69. The smallest absolute Gasteiger partial charge is 0.420 e. The minimum absolute atomic E-state index is 0.102. The zero-order valence-electron chi connectivity index (χ0n) is 24.9. The summed E-state index contributed by atoms with van der Waals surface area (Å²) < 4.78 is 42.9. The van der Waals surface area contributed by atoms with Gasteiger partial charge < -0.3 is 20.7 Å². The molecule has 11 heteroatoms. The first-order chi connectivity index (χ1) is 22.0. The first-order valence-electron chi connectivity index (χ1n) is 14.6. The maximum absolute atomic E-state index is 13.6. The van der Waals surface area contributed by atoms with Crippen LogP contribution in [0.1, 0.15) is 33.5 Å². The molecular weight excluding hydrogens is 663 g/mol. The lowest BCUT2D eigenvalue weighted by Crippen LogP contribution is -2.33. The van der Waals surface area contributed by atoms with Gasteiger partial charge in [-0.1, -0.05) is 70.5 Å². The van der Waals surface area contributed by atoms with Gasteiger partial charge in [-0.05, 0) is 89.7 Å². The fourth-order valence-corrected chi connectivity index (χ4v) is 5.14. The summed E-state index contributed by atoms with van der Waals surface area (Å²) in [5.74, 6) is -2.79. The third-order valence-electron chi connectivity index (χ3n) is 7.06. The second-order valence-electron chi connectivity index (χ2n) is 10.6. The van der Waals surface area contributed by atoms with Crippen molar-refractivity contribution in [3.63, 3.8) is 0 Å². The molecule has 0 atom stereocenters. The number of ether oxygens (including phenoxy) is 1. The Morgan fingerprint density at radius 3 is 2.20 bits per heavy atom. The Bertz CT molecular complexity index is 1660. The number of alkyl halides is 3. The maximum Gasteiger partial charge on any atom is 0.491 e. The number of halogens is 4. The van der Waals surface area contributed by atoms with Crippen molar-refractivity contribution in [1.29, 1.82) is 0 Å².